The molecule has 0 radical (unpaired) electrons. The fraction of sp³-hybridized carbons (Fsp3) is 0.263. The number of aromatic nitrogens is 4. The first-order valence-electron chi connectivity index (χ1n) is 9.06. The summed E-state index contributed by atoms with van der Waals surface area (Å²) in [5, 5.41) is 9.29. The lowest BCUT2D eigenvalue weighted by molar-refractivity contribution is -0.142. The van der Waals surface area contributed by atoms with E-state index in [0.717, 1.165) is 6.26 Å². The Morgan fingerprint density at radius 1 is 1.23 bits per heavy atom. The van der Waals surface area contributed by atoms with Crippen LogP contribution >= 0.6 is 0 Å². The van der Waals surface area contributed by atoms with Gasteiger partial charge < -0.3 is 5.11 Å². The molecule has 11 heteroatoms. The van der Waals surface area contributed by atoms with Crippen LogP contribution in [0.1, 0.15) is 18.9 Å². The first-order chi connectivity index (χ1) is 14.2. The summed E-state index contributed by atoms with van der Waals surface area (Å²) in [6, 6.07) is 5.59. The molecule has 0 aliphatic carbocycles. The van der Waals surface area contributed by atoms with E-state index < -0.39 is 38.4 Å². The van der Waals surface area contributed by atoms with Gasteiger partial charge in [-0.15, -0.1) is 0 Å². The standard InChI is InChI=1S/C19H17FN4O5S/c1-30(28,29)19-21-9-8-13(22-19)16-15(11-4-6-12(20)7-5-11)17(25)23-10-2-3-14(18(26)27)24(16)23/h4-9,14H,2-3,10H2,1H3,(H,26,27). The van der Waals surface area contributed by atoms with Crippen molar-refractivity contribution in [1.29, 1.82) is 0 Å². The fourth-order valence-corrected chi connectivity index (χ4v) is 4.17. The highest BCUT2D eigenvalue weighted by molar-refractivity contribution is 7.90. The van der Waals surface area contributed by atoms with E-state index in [9.17, 15) is 27.5 Å². The van der Waals surface area contributed by atoms with Gasteiger partial charge >= 0.3 is 5.97 Å². The van der Waals surface area contributed by atoms with Crippen LogP contribution in [-0.4, -0.2) is 45.1 Å². The Hall–Kier alpha value is -3.34. The maximum Gasteiger partial charge on any atom is 0.328 e. The summed E-state index contributed by atoms with van der Waals surface area (Å²) in [6.07, 6.45) is 2.97. The predicted molar refractivity (Wildman–Crippen MR) is 104 cm³/mol. The van der Waals surface area contributed by atoms with Gasteiger partial charge in [0, 0.05) is 19.0 Å². The minimum absolute atomic E-state index is 0.0914. The maximum absolute atomic E-state index is 13.5. The van der Waals surface area contributed by atoms with E-state index in [2.05, 4.69) is 9.97 Å². The van der Waals surface area contributed by atoms with Gasteiger partial charge in [-0.05, 0) is 36.6 Å². The van der Waals surface area contributed by atoms with Gasteiger partial charge in [0.1, 0.15) is 11.9 Å². The summed E-state index contributed by atoms with van der Waals surface area (Å²) in [4.78, 5) is 33.0. The summed E-state index contributed by atoms with van der Waals surface area (Å²) in [5.74, 6) is -1.61. The first kappa shape index (κ1) is 20.0. The van der Waals surface area contributed by atoms with Gasteiger partial charge in [-0.3, -0.25) is 9.48 Å². The molecule has 1 aliphatic rings. The minimum Gasteiger partial charge on any atom is -0.480 e. The molecule has 0 spiro atoms. The van der Waals surface area contributed by atoms with Gasteiger partial charge in [0.15, 0.2) is 0 Å². The zero-order chi connectivity index (χ0) is 21.6. The topological polar surface area (TPSA) is 124 Å². The third-order valence-electron chi connectivity index (χ3n) is 4.94. The van der Waals surface area contributed by atoms with E-state index in [0.29, 0.717) is 24.9 Å². The van der Waals surface area contributed by atoms with Crippen LogP contribution in [0.15, 0.2) is 46.5 Å². The lowest BCUT2D eigenvalue weighted by atomic mass is 10.0. The molecule has 0 saturated heterocycles. The van der Waals surface area contributed by atoms with Crippen molar-refractivity contribution in [1.82, 2.24) is 19.3 Å². The van der Waals surface area contributed by atoms with Gasteiger partial charge in [-0.25, -0.2) is 32.3 Å². The number of halogens is 1. The normalized spacial score (nSPS) is 16.3. The van der Waals surface area contributed by atoms with E-state index in [1.807, 2.05) is 0 Å². The zero-order valence-electron chi connectivity index (χ0n) is 15.8. The summed E-state index contributed by atoms with van der Waals surface area (Å²) in [6.45, 7) is 0.292. The molecule has 9 nitrogen and oxygen atoms in total. The van der Waals surface area contributed by atoms with Crippen LogP contribution in [0.4, 0.5) is 4.39 Å². The lowest BCUT2D eigenvalue weighted by Gasteiger charge is -2.26. The van der Waals surface area contributed by atoms with Crippen molar-refractivity contribution in [3.63, 3.8) is 0 Å². The molecule has 1 aromatic carbocycles. The number of sulfone groups is 1. The van der Waals surface area contributed by atoms with Crippen LogP contribution in [0.2, 0.25) is 0 Å². The van der Waals surface area contributed by atoms with E-state index in [1.54, 1.807) is 0 Å². The van der Waals surface area contributed by atoms with Gasteiger partial charge in [-0.2, -0.15) is 0 Å². The van der Waals surface area contributed by atoms with Crippen molar-refractivity contribution in [2.24, 2.45) is 0 Å². The number of hydrogen-bond acceptors (Lipinski definition) is 6. The van der Waals surface area contributed by atoms with Gasteiger partial charge in [0.25, 0.3) is 5.56 Å². The number of carboxylic acid groups (broad SMARTS) is 1. The number of benzene rings is 1. The number of aliphatic carboxylic acids is 1. The van der Waals surface area contributed by atoms with Crippen LogP contribution in [0, 0.1) is 5.82 Å². The van der Waals surface area contributed by atoms with Gasteiger partial charge in [0.2, 0.25) is 15.0 Å². The third-order valence-corrected chi connectivity index (χ3v) is 5.80. The predicted octanol–water partition coefficient (Wildman–Crippen LogP) is 1.74. The fourth-order valence-electron chi connectivity index (χ4n) is 3.66. The number of rotatable bonds is 4. The Morgan fingerprint density at radius 2 is 1.93 bits per heavy atom. The van der Waals surface area contributed by atoms with Crippen molar-refractivity contribution in [3.05, 3.63) is 52.7 Å². The van der Waals surface area contributed by atoms with Crippen molar-refractivity contribution < 1.29 is 22.7 Å². The molecule has 1 unspecified atom stereocenters. The van der Waals surface area contributed by atoms with E-state index >= 15 is 0 Å². The quantitative estimate of drug-likeness (QED) is 0.623. The molecule has 0 saturated carbocycles. The molecule has 0 bridgehead atoms. The van der Waals surface area contributed by atoms with Crippen molar-refractivity contribution in [2.45, 2.75) is 30.6 Å². The second-order valence-electron chi connectivity index (χ2n) is 7.00. The Labute approximate surface area is 170 Å². The highest BCUT2D eigenvalue weighted by Gasteiger charge is 2.34. The number of nitrogens with zero attached hydrogens (tertiary/aromatic N) is 4. The second kappa shape index (κ2) is 7.17. The van der Waals surface area contributed by atoms with Gasteiger partial charge in [-0.1, -0.05) is 12.1 Å². The lowest BCUT2D eigenvalue weighted by Crippen LogP contribution is -2.34. The van der Waals surface area contributed by atoms with Crippen LogP contribution in [0.5, 0.6) is 0 Å². The molecule has 3 aromatic rings. The molecule has 3 heterocycles. The number of carbonyl (C=O) groups is 1. The SMILES string of the molecule is CS(=O)(=O)c1nccc(-c2c(-c3ccc(F)cc3)c(=O)n3n2C(C(=O)O)CCC3)n1. The molecule has 2 aromatic heterocycles. The summed E-state index contributed by atoms with van der Waals surface area (Å²) < 4.78 is 40.0. The van der Waals surface area contributed by atoms with Gasteiger partial charge in [0.05, 0.1) is 17.0 Å². The van der Waals surface area contributed by atoms with E-state index in [4.69, 9.17) is 0 Å². The number of hydrogen-bond donors (Lipinski definition) is 1. The highest BCUT2D eigenvalue weighted by atomic mass is 32.2. The van der Waals surface area contributed by atoms with Crippen molar-refractivity contribution >= 4 is 15.8 Å². The molecule has 30 heavy (non-hydrogen) atoms. The molecule has 156 valence electrons. The Kier molecular flexibility index (Phi) is 4.77. The van der Waals surface area contributed by atoms with Crippen LogP contribution in [0.3, 0.4) is 0 Å². The van der Waals surface area contributed by atoms with E-state index in [-0.39, 0.29) is 17.0 Å². The van der Waals surface area contributed by atoms with Crippen LogP contribution in [0.25, 0.3) is 22.5 Å². The minimum atomic E-state index is -3.74. The smallest absolute Gasteiger partial charge is 0.328 e. The van der Waals surface area contributed by atoms with Crippen molar-refractivity contribution in [3.8, 4) is 22.5 Å². The zero-order valence-corrected chi connectivity index (χ0v) is 16.6. The van der Waals surface area contributed by atoms with E-state index in [1.165, 1.54) is 45.9 Å². The summed E-state index contributed by atoms with van der Waals surface area (Å²) in [5.41, 5.74) is 0.289. The second-order valence-corrected chi connectivity index (χ2v) is 8.91. The molecule has 0 amide bonds. The first-order valence-corrected chi connectivity index (χ1v) is 10.9. The molecular weight excluding hydrogens is 415 g/mol. The molecule has 0 fully saturated rings. The Balaban J connectivity index is 2.09. The third kappa shape index (κ3) is 3.30. The molecule has 1 N–H and O–H groups in total. The van der Waals surface area contributed by atoms with Crippen LogP contribution in [-0.2, 0) is 21.2 Å². The Bertz CT molecular complexity index is 1310. The number of fused-ring (bicyclic) bond motifs is 1. The molecule has 1 atom stereocenters. The Morgan fingerprint density at radius 3 is 2.57 bits per heavy atom. The average Bonchev–Trinajstić information content (AvgIpc) is 3.01. The molecular formula is C19H17FN4O5S. The monoisotopic (exact) mass is 432 g/mol. The average molecular weight is 432 g/mol. The highest BCUT2D eigenvalue weighted by Crippen LogP contribution is 2.35. The number of carboxylic acids is 1. The van der Waals surface area contributed by atoms with Crippen molar-refractivity contribution in [2.75, 3.05) is 6.26 Å². The maximum atomic E-state index is 13.5. The molecule has 1 aliphatic heterocycles. The van der Waals surface area contributed by atoms with Crippen LogP contribution < -0.4 is 5.56 Å². The summed E-state index contributed by atoms with van der Waals surface area (Å²) >= 11 is 0. The molecule has 4 rings (SSSR count). The largest absolute Gasteiger partial charge is 0.480 e. The summed E-state index contributed by atoms with van der Waals surface area (Å²) in [7, 11) is -3.74.